The second-order valence-electron chi connectivity index (χ2n) is 6.83. The summed E-state index contributed by atoms with van der Waals surface area (Å²) in [6, 6.07) is 12.2. The molecule has 3 fully saturated rings. The highest BCUT2D eigenvalue weighted by Crippen LogP contribution is 2.47. The normalized spacial score (nSPS) is 31.5. The molecule has 0 saturated carbocycles. The van der Waals surface area contributed by atoms with Crippen molar-refractivity contribution in [3.63, 3.8) is 0 Å². The lowest BCUT2D eigenvalue weighted by molar-refractivity contribution is 0.104. The van der Waals surface area contributed by atoms with Crippen molar-refractivity contribution in [2.24, 2.45) is 11.8 Å². The van der Waals surface area contributed by atoms with E-state index in [4.69, 9.17) is 4.74 Å². The minimum absolute atomic E-state index is 0. The van der Waals surface area contributed by atoms with E-state index in [1.54, 1.807) is 0 Å². The fourth-order valence-corrected chi connectivity index (χ4v) is 4.85. The third-order valence-corrected chi connectivity index (χ3v) is 5.73. The molecule has 5 heteroatoms. The predicted octanol–water partition coefficient (Wildman–Crippen LogP) is 3.12. The van der Waals surface area contributed by atoms with Crippen molar-refractivity contribution in [3.8, 4) is 0 Å². The van der Waals surface area contributed by atoms with E-state index in [9.17, 15) is 0 Å². The first kappa shape index (κ1) is 19.0. The Balaban J connectivity index is 0.000000960. The fourth-order valence-electron chi connectivity index (χ4n) is 4.85. The number of hydrogen-bond acceptors (Lipinski definition) is 3. The van der Waals surface area contributed by atoms with Gasteiger partial charge in [-0.15, -0.1) is 24.8 Å². The molecule has 3 heterocycles. The quantitative estimate of drug-likeness (QED) is 0.790. The van der Waals surface area contributed by atoms with E-state index >= 15 is 0 Å². The smallest absolute Gasteiger partial charge is 0.0716 e. The predicted molar refractivity (Wildman–Crippen MR) is 98.6 cm³/mol. The van der Waals surface area contributed by atoms with Crippen LogP contribution in [-0.4, -0.2) is 43.2 Å². The average molecular weight is 359 g/mol. The minimum Gasteiger partial charge on any atom is -0.377 e. The summed E-state index contributed by atoms with van der Waals surface area (Å²) < 4.78 is 5.83. The molecule has 3 aliphatic heterocycles. The zero-order valence-corrected chi connectivity index (χ0v) is 15.2. The Kier molecular flexibility index (Phi) is 7.18. The molecular weight excluding hydrogens is 331 g/mol. The van der Waals surface area contributed by atoms with Crippen molar-refractivity contribution in [2.75, 3.05) is 26.2 Å². The maximum Gasteiger partial charge on any atom is 0.0716 e. The van der Waals surface area contributed by atoms with Crippen molar-refractivity contribution in [1.82, 2.24) is 10.2 Å². The Labute approximate surface area is 152 Å². The Hall–Kier alpha value is -0.320. The largest absolute Gasteiger partial charge is 0.377 e. The molecule has 0 aromatic heterocycles. The first-order chi connectivity index (χ1) is 10.4. The molecule has 3 nitrogen and oxygen atoms in total. The summed E-state index contributed by atoms with van der Waals surface area (Å²) in [6.07, 6.45) is 4.03. The molecule has 0 amide bonds. The van der Waals surface area contributed by atoms with E-state index in [2.05, 4.69) is 40.5 Å². The SMILES string of the molecule is Cl.Cl.c1ccc(COCCCN2[C@@H]3CC[C@H]2[C@H]2CNC[C@H]23)cc1. The number of ether oxygens (including phenoxy) is 1. The van der Waals surface area contributed by atoms with Crippen LogP contribution < -0.4 is 5.32 Å². The van der Waals surface area contributed by atoms with Crippen LogP contribution in [0.15, 0.2) is 30.3 Å². The van der Waals surface area contributed by atoms with Crippen LogP contribution in [-0.2, 0) is 11.3 Å². The molecule has 0 radical (unpaired) electrons. The van der Waals surface area contributed by atoms with Gasteiger partial charge in [0.05, 0.1) is 6.61 Å². The highest BCUT2D eigenvalue weighted by molar-refractivity contribution is 5.85. The molecule has 4 atom stereocenters. The maximum atomic E-state index is 5.83. The molecule has 4 rings (SSSR count). The van der Waals surface area contributed by atoms with Gasteiger partial charge in [-0.2, -0.15) is 0 Å². The van der Waals surface area contributed by atoms with Gasteiger partial charge >= 0.3 is 0 Å². The summed E-state index contributed by atoms with van der Waals surface area (Å²) in [5.41, 5.74) is 1.28. The molecule has 0 spiro atoms. The summed E-state index contributed by atoms with van der Waals surface area (Å²) in [4.78, 5) is 2.81. The second kappa shape index (κ2) is 8.68. The van der Waals surface area contributed by atoms with Crippen LogP contribution >= 0.6 is 24.8 Å². The van der Waals surface area contributed by atoms with Crippen LogP contribution in [0.1, 0.15) is 24.8 Å². The molecule has 3 saturated heterocycles. The molecule has 1 N–H and O–H groups in total. The minimum atomic E-state index is 0. The zero-order valence-electron chi connectivity index (χ0n) is 13.5. The molecule has 1 aromatic rings. The standard InChI is InChI=1S/C18H26N2O.2ClH/c1-2-5-14(6-3-1)13-21-10-4-9-20-17-7-8-18(20)16-12-19-11-15(16)17;;/h1-3,5-6,15-19H,4,7-13H2;2*1H/t15-,16+,17-,18+;;. The maximum absolute atomic E-state index is 5.83. The van der Waals surface area contributed by atoms with Crippen molar-refractivity contribution in [2.45, 2.75) is 38.0 Å². The number of nitrogens with one attached hydrogen (secondary N) is 1. The van der Waals surface area contributed by atoms with E-state index in [1.165, 1.54) is 44.5 Å². The van der Waals surface area contributed by atoms with Crippen molar-refractivity contribution in [3.05, 3.63) is 35.9 Å². The fraction of sp³-hybridized carbons (Fsp3) is 0.667. The van der Waals surface area contributed by atoms with Crippen LogP contribution in [0, 0.1) is 11.8 Å². The molecule has 2 bridgehead atoms. The van der Waals surface area contributed by atoms with Gasteiger partial charge in [-0.25, -0.2) is 0 Å². The molecule has 130 valence electrons. The Morgan fingerprint density at radius 3 is 2.30 bits per heavy atom. The summed E-state index contributed by atoms with van der Waals surface area (Å²) >= 11 is 0. The van der Waals surface area contributed by atoms with Gasteiger partial charge in [0.15, 0.2) is 0 Å². The number of benzene rings is 1. The van der Waals surface area contributed by atoms with Crippen LogP contribution in [0.25, 0.3) is 0 Å². The molecule has 0 aliphatic carbocycles. The van der Waals surface area contributed by atoms with Gasteiger partial charge < -0.3 is 10.1 Å². The number of hydrogen-bond donors (Lipinski definition) is 1. The van der Waals surface area contributed by atoms with E-state index in [1.807, 2.05) is 0 Å². The van der Waals surface area contributed by atoms with E-state index in [0.29, 0.717) is 0 Å². The summed E-state index contributed by atoms with van der Waals surface area (Å²) in [6.45, 7) is 5.39. The van der Waals surface area contributed by atoms with Gasteiger partial charge in [-0.05, 0) is 49.8 Å². The number of nitrogens with zero attached hydrogens (tertiary/aromatic N) is 1. The Bertz CT molecular complexity index is 455. The second-order valence-corrected chi connectivity index (χ2v) is 6.83. The zero-order chi connectivity index (χ0) is 14.1. The summed E-state index contributed by atoms with van der Waals surface area (Å²) in [5, 5.41) is 3.59. The third-order valence-electron chi connectivity index (χ3n) is 5.73. The highest BCUT2D eigenvalue weighted by atomic mass is 35.5. The van der Waals surface area contributed by atoms with Crippen LogP contribution in [0.4, 0.5) is 0 Å². The van der Waals surface area contributed by atoms with Crippen LogP contribution in [0.3, 0.4) is 0 Å². The van der Waals surface area contributed by atoms with Crippen LogP contribution in [0.2, 0.25) is 0 Å². The number of halogens is 2. The topological polar surface area (TPSA) is 24.5 Å². The van der Waals surface area contributed by atoms with Crippen molar-refractivity contribution >= 4 is 24.8 Å². The molecular formula is C18H28Cl2N2O. The first-order valence-corrected chi connectivity index (χ1v) is 8.51. The molecule has 23 heavy (non-hydrogen) atoms. The summed E-state index contributed by atoms with van der Waals surface area (Å²) in [7, 11) is 0. The van der Waals surface area contributed by atoms with Crippen molar-refractivity contribution < 1.29 is 4.74 Å². The van der Waals surface area contributed by atoms with Gasteiger partial charge in [0.1, 0.15) is 0 Å². The molecule has 0 unspecified atom stereocenters. The van der Waals surface area contributed by atoms with Gasteiger partial charge in [0, 0.05) is 25.2 Å². The van der Waals surface area contributed by atoms with E-state index in [0.717, 1.165) is 37.1 Å². The van der Waals surface area contributed by atoms with Crippen LogP contribution in [0.5, 0.6) is 0 Å². The lowest BCUT2D eigenvalue weighted by atomic mass is 9.82. The third kappa shape index (κ3) is 3.85. The lowest BCUT2D eigenvalue weighted by Gasteiger charge is -2.24. The Morgan fingerprint density at radius 2 is 1.65 bits per heavy atom. The van der Waals surface area contributed by atoms with Crippen molar-refractivity contribution in [1.29, 1.82) is 0 Å². The first-order valence-electron chi connectivity index (χ1n) is 8.51. The summed E-state index contributed by atoms with van der Waals surface area (Å²) in [5.74, 6) is 1.88. The number of rotatable bonds is 6. The monoisotopic (exact) mass is 358 g/mol. The van der Waals surface area contributed by atoms with E-state index in [-0.39, 0.29) is 24.8 Å². The van der Waals surface area contributed by atoms with Gasteiger partial charge in [-0.1, -0.05) is 30.3 Å². The average Bonchev–Trinajstić information content (AvgIpc) is 3.20. The molecule has 1 aromatic carbocycles. The van der Waals surface area contributed by atoms with E-state index < -0.39 is 0 Å². The van der Waals surface area contributed by atoms with Gasteiger partial charge in [-0.3, -0.25) is 4.90 Å². The van der Waals surface area contributed by atoms with Gasteiger partial charge in [0.2, 0.25) is 0 Å². The highest BCUT2D eigenvalue weighted by Gasteiger charge is 2.53. The Morgan fingerprint density at radius 1 is 1.00 bits per heavy atom. The van der Waals surface area contributed by atoms with Gasteiger partial charge in [0.25, 0.3) is 0 Å². The molecule has 3 aliphatic rings. The number of fused-ring (bicyclic) bond motifs is 5. The lowest BCUT2D eigenvalue weighted by Crippen LogP contribution is -2.35.